The third-order valence-electron chi connectivity index (χ3n) is 3.35. The van der Waals surface area contributed by atoms with Crippen molar-refractivity contribution < 1.29 is 5.11 Å². The Hall–Kier alpha value is -0.650. The number of rotatable bonds is 2. The smallest absolute Gasteiger partial charge is 0.128 e. The quantitative estimate of drug-likeness (QED) is 0.856. The largest absolute Gasteiger partial charge is 0.392 e. The van der Waals surface area contributed by atoms with Crippen molar-refractivity contribution in [3.8, 4) is 0 Å². The Morgan fingerprint density at radius 1 is 1.33 bits per heavy atom. The zero-order valence-corrected chi connectivity index (χ0v) is 11.9. The van der Waals surface area contributed by atoms with Crippen LogP contribution >= 0.6 is 23.1 Å². The van der Waals surface area contributed by atoms with Crippen LogP contribution in [0.25, 0.3) is 10.2 Å². The van der Waals surface area contributed by atoms with Crippen LogP contribution in [0.5, 0.6) is 0 Å². The summed E-state index contributed by atoms with van der Waals surface area (Å²) in [6.45, 7) is 2.09. The molecule has 0 amide bonds. The van der Waals surface area contributed by atoms with Crippen LogP contribution in [0, 0.1) is 6.92 Å². The summed E-state index contributed by atoms with van der Waals surface area (Å²) >= 11 is 3.42. The number of aliphatic hydroxyl groups is 1. The van der Waals surface area contributed by atoms with Gasteiger partial charge in [-0.2, -0.15) is 0 Å². The molecule has 0 bridgehead atoms. The highest BCUT2D eigenvalue weighted by molar-refractivity contribution is 8.00. The van der Waals surface area contributed by atoms with Gasteiger partial charge in [-0.1, -0.05) is 24.6 Å². The van der Waals surface area contributed by atoms with Gasteiger partial charge in [0.2, 0.25) is 0 Å². The van der Waals surface area contributed by atoms with Crippen LogP contribution in [-0.2, 0) is 0 Å². The van der Waals surface area contributed by atoms with Gasteiger partial charge in [0.25, 0.3) is 0 Å². The number of hydrogen-bond acceptors (Lipinski definition) is 5. The van der Waals surface area contributed by atoms with E-state index in [0.717, 1.165) is 34.5 Å². The molecule has 2 heterocycles. The summed E-state index contributed by atoms with van der Waals surface area (Å²) in [6, 6.07) is 2.15. The van der Waals surface area contributed by atoms with Gasteiger partial charge in [-0.25, -0.2) is 9.97 Å². The molecule has 0 saturated heterocycles. The van der Waals surface area contributed by atoms with E-state index in [1.54, 1.807) is 29.4 Å². The van der Waals surface area contributed by atoms with Gasteiger partial charge in [0.05, 0.1) is 6.10 Å². The topological polar surface area (TPSA) is 46.0 Å². The summed E-state index contributed by atoms with van der Waals surface area (Å²) in [4.78, 5) is 11.0. The molecule has 0 aromatic carbocycles. The first kappa shape index (κ1) is 12.4. The Balaban J connectivity index is 1.89. The van der Waals surface area contributed by atoms with Crippen molar-refractivity contribution in [3.63, 3.8) is 0 Å². The second-order valence-corrected chi connectivity index (χ2v) is 7.23. The average Bonchev–Trinajstić information content (AvgIpc) is 2.73. The zero-order chi connectivity index (χ0) is 12.5. The first-order valence-electron chi connectivity index (χ1n) is 6.30. The van der Waals surface area contributed by atoms with Gasteiger partial charge in [-0.05, 0) is 25.8 Å². The number of aryl methyl sites for hydroxylation is 1. The molecule has 1 N–H and O–H groups in total. The zero-order valence-electron chi connectivity index (χ0n) is 10.3. The number of aromatic nitrogens is 2. The molecule has 3 rings (SSSR count). The lowest BCUT2D eigenvalue weighted by Crippen LogP contribution is -2.26. The van der Waals surface area contributed by atoms with Crippen LogP contribution in [0.2, 0.25) is 0 Å². The molecule has 96 valence electrons. The Labute approximate surface area is 115 Å². The van der Waals surface area contributed by atoms with Gasteiger partial charge in [0.1, 0.15) is 16.2 Å². The van der Waals surface area contributed by atoms with E-state index in [9.17, 15) is 5.11 Å². The van der Waals surface area contributed by atoms with E-state index in [-0.39, 0.29) is 11.4 Å². The maximum atomic E-state index is 10.0. The second kappa shape index (κ2) is 5.15. The minimum absolute atomic E-state index is 0.187. The second-order valence-electron chi connectivity index (χ2n) is 4.76. The fourth-order valence-corrected chi connectivity index (χ4v) is 4.57. The SMILES string of the molecule is Cc1cc2c(S[C@H]3CCCC[C@H]3O)ncnc2s1. The fourth-order valence-electron chi connectivity index (χ4n) is 2.41. The molecule has 18 heavy (non-hydrogen) atoms. The number of nitrogens with zero attached hydrogens (tertiary/aromatic N) is 2. The summed E-state index contributed by atoms with van der Waals surface area (Å²) < 4.78 is 0. The van der Waals surface area contributed by atoms with E-state index in [4.69, 9.17) is 0 Å². The maximum absolute atomic E-state index is 10.0. The minimum atomic E-state index is -0.187. The number of thioether (sulfide) groups is 1. The number of hydrogen-bond donors (Lipinski definition) is 1. The van der Waals surface area contributed by atoms with Gasteiger partial charge in [-0.15, -0.1) is 11.3 Å². The molecular weight excluding hydrogens is 264 g/mol. The highest BCUT2D eigenvalue weighted by Crippen LogP contribution is 2.37. The molecule has 0 spiro atoms. The van der Waals surface area contributed by atoms with Gasteiger partial charge >= 0.3 is 0 Å². The van der Waals surface area contributed by atoms with Gasteiger partial charge in [0.15, 0.2) is 0 Å². The Bertz CT molecular complexity index is 555. The van der Waals surface area contributed by atoms with Crippen molar-refractivity contribution in [1.82, 2.24) is 9.97 Å². The van der Waals surface area contributed by atoms with Crippen LogP contribution in [-0.4, -0.2) is 26.4 Å². The molecule has 1 aliphatic carbocycles. The summed E-state index contributed by atoms with van der Waals surface area (Å²) in [5.41, 5.74) is 0. The number of fused-ring (bicyclic) bond motifs is 1. The van der Waals surface area contributed by atoms with E-state index < -0.39 is 0 Å². The Morgan fingerprint density at radius 3 is 3.00 bits per heavy atom. The van der Waals surface area contributed by atoms with Gasteiger partial charge in [0, 0.05) is 15.5 Å². The molecular formula is C13H16N2OS2. The first-order valence-corrected chi connectivity index (χ1v) is 7.99. The molecule has 2 aromatic heterocycles. The molecule has 5 heteroatoms. The van der Waals surface area contributed by atoms with E-state index in [2.05, 4.69) is 23.0 Å². The number of thiophene rings is 1. The summed E-state index contributed by atoms with van der Waals surface area (Å²) in [7, 11) is 0. The molecule has 0 radical (unpaired) electrons. The summed E-state index contributed by atoms with van der Waals surface area (Å²) in [6.07, 6.45) is 5.82. The van der Waals surface area contributed by atoms with Crippen LogP contribution < -0.4 is 0 Å². The third kappa shape index (κ3) is 2.39. The standard InChI is InChI=1S/C13H16N2OS2/c1-8-6-9-12(17-8)14-7-15-13(9)18-11-5-3-2-4-10(11)16/h6-7,10-11,16H,2-5H2,1H3/t10-,11+/m1/s1. The molecule has 3 nitrogen and oxygen atoms in total. The predicted octanol–water partition coefficient (Wildman–Crippen LogP) is 3.40. The van der Waals surface area contributed by atoms with Gasteiger partial charge in [-0.3, -0.25) is 0 Å². The van der Waals surface area contributed by atoms with Crippen molar-refractivity contribution in [2.45, 2.75) is 49.0 Å². The Morgan fingerprint density at radius 2 is 2.17 bits per heavy atom. The van der Waals surface area contributed by atoms with Crippen LogP contribution in [0.4, 0.5) is 0 Å². The van der Waals surface area contributed by atoms with E-state index in [0.29, 0.717) is 0 Å². The lowest BCUT2D eigenvalue weighted by Gasteiger charge is -2.26. The summed E-state index contributed by atoms with van der Waals surface area (Å²) in [5.74, 6) is 0. The first-order chi connectivity index (χ1) is 8.74. The van der Waals surface area contributed by atoms with E-state index in [1.807, 2.05) is 0 Å². The monoisotopic (exact) mass is 280 g/mol. The normalized spacial score (nSPS) is 24.6. The lowest BCUT2D eigenvalue weighted by molar-refractivity contribution is 0.137. The van der Waals surface area contributed by atoms with Gasteiger partial charge < -0.3 is 5.11 Å². The van der Waals surface area contributed by atoms with Crippen molar-refractivity contribution >= 4 is 33.3 Å². The molecule has 2 atom stereocenters. The number of aliphatic hydroxyl groups excluding tert-OH is 1. The van der Waals surface area contributed by atoms with Crippen molar-refractivity contribution in [3.05, 3.63) is 17.3 Å². The lowest BCUT2D eigenvalue weighted by atomic mass is 9.97. The maximum Gasteiger partial charge on any atom is 0.128 e. The molecule has 1 saturated carbocycles. The van der Waals surface area contributed by atoms with Crippen LogP contribution in [0.1, 0.15) is 30.6 Å². The molecule has 2 aromatic rings. The predicted molar refractivity (Wildman–Crippen MR) is 76.3 cm³/mol. The third-order valence-corrected chi connectivity index (χ3v) is 5.71. The van der Waals surface area contributed by atoms with Crippen LogP contribution in [0.3, 0.4) is 0 Å². The van der Waals surface area contributed by atoms with E-state index >= 15 is 0 Å². The average molecular weight is 280 g/mol. The fraction of sp³-hybridized carbons (Fsp3) is 0.538. The van der Waals surface area contributed by atoms with E-state index in [1.165, 1.54) is 11.3 Å². The van der Waals surface area contributed by atoms with Crippen molar-refractivity contribution in [2.75, 3.05) is 0 Å². The molecule has 0 aliphatic heterocycles. The molecule has 1 fully saturated rings. The Kier molecular flexibility index (Phi) is 3.54. The molecule has 1 aliphatic rings. The minimum Gasteiger partial charge on any atom is -0.392 e. The summed E-state index contributed by atoms with van der Waals surface area (Å²) in [5, 5.41) is 12.5. The molecule has 0 unspecified atom stereocenters. The highest BCUT2D eigenvalue weighted by Gasteiger charge is 2.25. The highest BCUT2D eigenvalue weighted by atomic mass is 32.2. The van der Waals surface area contributed by atoms with Crippen molar-refractivity contribution in [1.29, 1.82) is 0 Å². The van der Waals surface area contributed by atoms with Crippen molar-refractivity contribution in [2.24, 2.45) is 0 Å². The van der Waals surface area contributed by atoms with Crippen LogP contribution in [0.15, 0.2) is 17.4 Å².